The van der Waals surface area contributed by atoms with Gasteiger partial charge in [0.25, 0.3) is 0 Å². The van der Waals surface area contributed by atoms with E-state index in [9.17, 15) is 24.0 Å². The van der Waals surface area contributed by atoms with Crippen LogP contribution in [0.4, 0.5) is 0 Å². The van der Waals surface area contributed by atoms with E-state index in [4.69, 9.17) is 9.47 Å². The number of carbonyl (C=O) groups excluding carboxylic acids is 5. The second-order valence-electron chi connectivity index (χ2n) is 6.92. The number of hydrogen-bond donors (Lipinski definition) is 2. The number of aryl methyl sites for hydroxylation is 2. The molecule has 0 spiro atoms. The topological polar surface area (TPSA) is 154 Å². The van der Waals surface area contributed by atoms with E-state index in [0.29, 0.717) is 22.5 Å². The van der Waals surface area contributed by atoms with Crippen LogP contribution in [-0.4, -0.2) is 67.1 Å². The quantitative estimate of drug-likeness (QED) is 0.454. The fraction of sp³-hybridized carbons (Fsp3) is 0.381. The first-order valence-corrected chi connectivity index (χ1v) is 9.44. The van der Waals surface area contributed by atoms with Crippen molar-refractivity contribution in [2.45, 2.75) is 27.7 Å². The van der Waals surface area contributed by atoms with Crippen molar-refractivity contribution in [1.82, 2.24) is 9.97 Å². The van der Waals surface area contributed by atoms with Crippen molar-refractivity contribution < 1.29 is 42.9 Å². The van der Waals surface area contributed by atoms with Gasteiger partial charge in [0.05, 0.1) is 25.3 Å². The SMILES string of the molecule is COC(=O)c1c(C)[nH]c(C(=O)OCC(=O)COC(=O)c2[nH]c(C)c(C(=O)OC)c2C)c1C. The van der Waals surface area contributed by atoms with Gasteiger partial charge in [0.15, 0.2) is 13.2 Å². The maximum Gasteiger partial charge on any atom is 0.355 e. The molecule has 2 heterocycles. The number of nitrogens with one attached hydrogen (secondary N) is 2. The predicted molar refractivity (Wildman–Crippen MR) is 109 cm³/mol. The van der Waals surface area contributed by atoms with E-state index in [1.807, 2.05) is 0 Å². The molecule has 0 radical (unpaired) electrons. The third kappa shape index (κ3) is 4.88. The van der Waals surface area contributed by atoms with Crippen molar-refractivity contribution in [3.63, 3.8) is 0 Å². The average molecular weight is 448 g/mol. The maximum atomic E-state index is 12.3. The summed E-state index contributed by atoms with van der Waals surface area (Å²) in [5.74, 6) is -3.58. The second-order valence-corrected chi connectivity index (χ2v) is 6.92. The van der Waals surface area contributed by atoms with Crippen LogP contribution in [0.3, 0.4) is 0 Å². The van der Waals surface area contributed by atoms with Gasteiger partial charge in [0.2, 0.25) is 5.78 Å². The van der Waals surface area contributed by atoms with Gasteiger partial charge in [-0.2, -0.15) is 0 Å². The van der Waals surface area contributed by atoms with E-state index in [1.54, 1.807) is 27.7 Å². The number of rotatable bonds is 8. The number of aromatic amines is 2. The molecule has 0 aliphatic heterocycles. The normalized spacial score (nSPS) is 10.4. The molecule has 2 aromatic rings. The Kier molecular flexibility index (Phi) is 7.58. The van der Waals surface area contributed by atoms with Crippen molar-refractivity contribution in [3.05, 3.63) is 45.0 Å². The summed E-state index contributed by atoms with van der Waals surface area (Å²) in [7, 11) is 2.44. The molecule has 0 saturated heterocycles. The lowest BCUT2D eigenvalue weighted by atomic mass is 10.1. The van der Waals surface area contributed by atoms with Crippen LogP contribution < -0.4 is 0 Å². The van der Waals surface area contributed by atoms with Crippen LogP contribution in [0, 0.1) is 27.7 Å². The van der Waals surface area contributed by atoms with Crippen molar-refractivity contribution >= 4 is 29.7 Å². The van der Waals surface area contributed by atoms with Gasteiger partial charge in [-0.25, -0.2) is 19.2 Å². The molecule has 2 N–H and O–H groups in total. The number of Topliss-reactive ketones (excluding diaryl/α,β-unsaturated/α-hetero) is 1. The second kappa shape index (κ2) is 9.94. The molecular formula is C21H24N2O9. The number of aromatic nitrogens is 2. The number of ether oxygens (including phenoxy) is 4. The smallest absolute Gasteiger partial charge is 0.355 e. The highest BCUT2D eigenvalue weighted by molar-refractivity contribution is 6.00. The molecular weight excluding hydrogens is 424 g/mol. The third-order valence-electron chi connectivity index (χ3n) is 4.79. The van der Waals surface area contributed by atoms with Crippen LogP contribution in [0.1, 0.15) is 64.2 Å². The number of hydrogen-bond acceptors (Lipinski definition) is 9. The Bertz CT molecular complexity index is 1010. The molecule has 32 heavy (non-hydrogen) atoms. The average Bonchev–Trinajstić information content (AvgIpc) is 3.23. The molecule has 0 fully saturated rings. The summed E-state index contributed by atoms with van der Waals surface area (Å²) in [5.41, 5.74) is 1.95. The van der Waals surface area contributed by atoms with Crippen LogP contribution in [0.15, 0.2) is 0 Å². The fourth-order valence-corrected chi connectivity index (χ4v) is 3.20. The molecule has 0 unspecified atom stereocenters. The summed E-state index contributed by atoms with van der Waals surface area (Å²) >= 11 is 0. The lowest BCUT2D eigenvalue weighted by Gasteiger charge is -2.06. The molecule has 11 nitrogen and oxygen atoms in total. The molecule has 0 amide bonds. The molecule has 0 aliphatic carbocycles. The molecule has 2 aromatic heterocycles. The highest BCUT2D eigenvalue weighted by atomic mass is 16.6. The Morgan fingerprint density at radius 2 is 0.969 bits per heavy atom. The van der Waals surface area contributed by atoms with Gasteiger partial charge in [-0.15, -0.1) is 0 Å². The number of methoxy groups -OCH3 is 2. The lowest BCUT2D eigenvalue weighted by Crippen LogP contribution is -2.21. The van der Waals surface area contributed by atoms with E-state index in [0.717, 1.165) is 0 Å². The summed E-state index contributed by atoms with van der Waals surface area (Å²) in [6, 6.07) is 0. The molecule has 11 heteroatoms. The van der Waals surface area contributed by atoms with Crippen LogP contribution >= 0.6 is 0 Å². The first kappa shape index (κ1) is 24.4. The summed E-state index contributed by atoms with van der Waals surface area (Å²) in [6.07, 6.45) is 0. The Hall–Kier alpha value is -3.89. The highest BCUT2D eigenvalue weighted by Gasteiger charge is 2.25. The molecule has 2 rings (SSSR count). The van der Waals surface area contributed by atoms with Crippen LogP contribution in [0.5, 0.6) is 0 Å². The number of carbonyl (C=O) groups is 5. The molecule has 0 aromatic carbocycles. The zero-order valence-electron chi connectivity index (χ0n) is 18.6. The highest BCUT2D eigenvalue weighted by Crippen LogP contribution is 2.20. The van der Waals surface area contributed by atoms with E-state index >= 15 is 0 Å². The minimum Gasteiger partial charge on any atom is -0.465 e. The summed E-state index contributed by atoms with van der Waals surface area (Å²) in [5, 5.41) is 0. The van der Waals surface area contributed by atoms with E-state index in [2.05, 4.69) is 19.4 Å². The lowest BCUT2D eigenvalue weighted by molar-refractivity contribution is -0.125. The van der Waals surface area contributed by atoms with E-state index in [1.165, 1.54) is 14.2 Å². The Morgan fingerprint density at radius 3 is 1.28 bits per heavy atom. The molecule has 0 atom stereocenters. The van der Waals surface area contributed by atoms with Gasteiger partial charge in [0, 0.05) is 11.4 Å². The summed E-state index contributed by atoms with van der Waals surface area (Å²) in [4.78, 5) is 65.6. The monoisotopic (exact) mass is 448 g/mol. The fourth-order valence-electron chi connectivity index (χ4n) is 3.20. The van der Waals surface area contributed by atoms with E-state index in [-0.39, 0.29) is 22.5 Å². The Morgan fingerprint density at radius 1 is 0.625 bits per heavy atom. The molecule has 0 bridgehead atoms. The zero-order valence-corrected chi connectivity index (χ0v) is 18.6. The van der Waals surface area contributed by atoms with Crippen LogP contribution in [-0.2, 0) is 23.7 Å². The van der Waals surface area contributed by atoms with Crippen molar-refractivity contribution in [3.8, 4) is 0 Å². The van der Waals surface area contributed by atoms with Gasteiger partial charge in [-0.05, 0) is 38.8 Å². The van der Waals surface area contributed by atoms with Gasteiger partial charge >= 0.3 is 23.9 Å². The number of ketones is 1. The first-order chi connectivity index (χ1) is 15.0. The van der Waals surface area contributed by atoms with Gasteiger partial charge < -0.3 is 28.9 Å². The minimum absolute atomic E-state index is 0.0144. The maximum absolute atomic E-state index is 12.3. The minimum atomic E-state index is -0.848. The first-order valence-electron chi connectivity index (χ1n) is 9.44. The third-order valence-corrected chi connectivity index (χ3v) is 4.79. The molecule has 0 aliphatic rings. The number of esters is 4. The van der Waals surface area contributed by atoms with Crippen LogP contribution in [0.2, 0.25) is 0 Å². The van der Waals surface area contributed by atoms with Crippen molar-refractivity contribution in [2.24, 2.45) is 0 Å². The summed E-state index contributed by atoms with van der Waals surface area (Å²) < 4.78 is 19.3. The van der Waals surface area contributed by atoms with E-state index < -0.39 is 42.9 Å². The molecule has 172 valence electrons. The zero-order chi connectivity index (χ0) is 24.2. The molecule has 0 saturated carbocycles. The Labute approximate surface area is 183 Å². The van der Waals surface area contributed by atoms with Gasteiger partial charge in [-0.3, -0.25) is 4.79 Å². The van der Waals surface area contributed by atoms with Crippen LogP contribution in [0.25, 0.3) is 0 Å². The van der Waals surface area contributed by atoms with Gasteiger partial charge in [0.1, 0.15) is 11.4 Å². The van der Waals surface area contributed by atoms with Crippen molar-refractivity contribution in [1.29, 1.82) is 0 Å². The Balaban J connectivity index is 1.96. The van der Waals surface area contributed by atoms with Crippen molar-refractivity contribution in [2.75, 3.05) is 27.4 Å². The largest absolute Gasteiger partial charge is 0.465 e. The van der Waals surface area contributed by atoms with Gasteiger partial charge in [-0.1, -0.05) is 0 Å². The number of H-pyrrole nitrogens is 2. The standard InChI is InChI=1S/C21H24N2O9/c1-9-14(18(25)29-5)11(3)22-16(9)20(27)31-7-13(24)8-32-21(28)17-10(2)15(12(4)23-17)19(26)30-6/h22-23H,7-8H2,1-6H3. The summed E-state index contributed by atoms with van der Waals surface area (Å²) in [6.45, 7) is 4.98. The predicted octanol–water partition coefficient (Wildman–Crippen LogP) is 1.73.